The van der Waals surface area contributed by atoms with Crippen LogP contribution < -0.4 is 4.74 Å². The van der Waals surface area contributed by atoms with Crippen molar-refractivity contribution < 1.29 is 19.4 Å². The molecule has 0 unspecified atom stereocenters. The first kappa shape index (κ1) is 14.7. The van der Waals surface area contributed by atoms with Gasteiger partial charge in [-0.1, -0.05) is 30.3 Å². The van der Waals surface area contributed by atoms with Crippen molar-refractivity contribution in [2.24, 2.45) is 0 Å². The Balaban J connectivity index is 2.41. The number of rotatable bonds is 5. The van der Waals surface area contributed by atoms with Gasteiger partial charge in [0.15, 0.2) is 0 Å². The number of methoxy groups -OCH3 is 1. The lowest BCUT2D eigenvalue weighted by Crippen LogP contribution is -2.02. The molecule has 0 saturated carbocycles. The van der Waals surface area contributed by atoms with E-state index in [-0.39, 0.29) is 5.57 Å². The minimum absolute atomic E-state index is 0.0424. The van der Waals surface area contributed by atoms with E-state index in [1.165, 1.54) is 13.4 Å². The fourth-order valence-corrected chi connectivity index (χ4v) is 1.93. The van der Waals surface area contributed by atoms with Crippen LogP contribution in [0.4, 0.5) is 0 Å². The van der Waals surface area contributed by atoms with Crippen molar-refractivity contribution in [1.82, 2.24) is 0 Å². The highest BCUT2D eigenvalue weighted by Crippen LogP contribution is 2.30. The molecule has 0 fully saturated rings. The first-order chi connectivity index (χ1) is 10.1. The molecule has 4 nitrogen and oxygen atoms in total. The number of carboxylic acid groups (broad SMARTS) is 1. The zero-order valence-electron chi connectivity index (χ0n) is 11.9. The van der Waals surface area contributed by atoms with Crippen LogP contribution in [0.3, 0.4) is 0 Å². The van der Waals surface area contributed by atoms with E-state index in [0.717, 1.165) is 5.56 Å². The molecule has 0 aliphatic carbocycles. The molecule has 0 radical (unpaired) electrons. The molecule has 1 N–H and O–H groups in total. The van der Waals surface area contributed by atoms with Crippen LogP contribution in [-0.2, 0) is 9.53 Å². The molecule has 0 saturated heterocycles. The molecular weight excluding hydrogens is 268 g/mol. The molecule has 0 amide bonds. The quantitative estimate of drug-likeness (QED) is 0.669. The lowest BCUT2D eigenvalue weighted by atomic mass is 10.1. The summed E-state index contributed by atoms with van der Waals surface area (Å²) in [7, 11) is 1.41. The third kappa shape index (κ3) is 3.63. The second kappa shape index (κ2) is 6.61. The number of carbonyl (C=O) groups is 1. The maximum Gasteiger partial charge on any atom is 0.339 e. The maximum atomic E-state index is 11.3. The zero-order valence-corrected chi connectivity index (χ0v) is 11.9. The van der Waals surface area contributed by atoms with Crippen LogP contribution in [-0.4, -0.2) is 18.2 Å². The van der Waals surface area contributed by atoms with Crippen molar-refractivity contribution in [1.29, 1.82) is 0 Å². The molecule has 4 heteroatoms. The molecule has 2 aromatic carbocycles. The minimum Gasteiger partial charge on any atom is -0.503 e. The van der Waals surface area contributed by atoms with Gasteiger partial charge in [-0.2, -0.15) is 0 Å². The molecule has 21 heavy (non-hydrogen) atoms. The van der Waals surface area contributed by atoms with Crippen molar-refractivity contribution in [3.8, 4) is 11.5 Å². The molecule has 0 aliphatic heterocycles. The van der Waals surface area contributed by atoms with Gasteiger partial charge in [0, 0.05) is 5.56 Å². The predicted molar refractivity (Wildman–Crippen MR) is 80.3 cm³/mol. The third-order valence-electron chi connectivity index (χ3n) is 2.86. The molecule has 108 valence electrons. The zero-order chi connectivity index (χ0) is 15.2. The molecule has 0 bridgehead atoms. The number of benzene rings is 2. The fourth-order valence-electron chi connectivity index (χ4n) is 1.93. The van der Waals surface area contributed by atoms with Gasteiger partial charge < -0.3 is 14.6 Å². The molecule has 0 aliphatic rings. The van der Waals surface area contributed by atoms with E-state index in [1.807, 2.05) is 31.2 Å². The van der Waals surface area contributed by atoms with E-state index in [0.29, 0.717) is 17.1 Å². The average Bonchev–Trinajstić information content (AvgIpc) is 2.45. The number of carboxylic acids is 1. The largest absolute Gasteiger partial charge is 0.503 e. The Labute approximate surface area is 123 Å². The minimum atomic E-state index is -1.07. The second-order valence-electron chi connectivity index (χ2n) is 4.49. The Hall–Kier alpha value is -2.75. The summed E-state index contributed by atoms with van der Waals surface area (Å²) >= 11 is 0. The van der Waals surface area contributed by atoms with Gasteiger partial charge in [-0.25, -0.2) is 4.79 Å². The van der Waals surface area contributed by atoms with Crippen molar-refractivity contribution in [3.63, 3.8) is 0 Å². The van der Waals surface area contributed by atoms with Crippen molar-refractivity contribution in [3.05, 3.63) is 65.9 Å². The second-order valence-corrected chi connectivity index (χ2v) is 4.49. The number of hydrogen-bond donors (Lipinski definition) is 1. The van der Waals surface area contributed by atoms with Crippen molar-refractivity contribution in [2.45, 2.75) is 6.92 Å². The first-order valence-electron chi connectivity index (χ1n) is 6.42. The van der Waals surface area contributed by atoms with E-state index < -0.39 is 5.97 Å². The van der Waals surface area contributed by atoms with Crippen LogP contribution in [0.2, 0.25) is 0 Å². The van der Waals surface area contributed by atoms with Gasteiger partial charge in [-0.3, -0.25) is 0 Å². The first-order valence-corrected chi connectivity index (χ1v) is 6.42. The monoisotopic (exact) mass is 284 g/mol. The third-order valence-corrected chi connectivity index (χ3v) is 2.86. The summed E-state index contributed by atoms with van der Waals surface area (Å²) in [5, 5.41) is 9.29. The van der Waals surface area contributed by atoms with Gasteiger partial charge in [-0.15, -0.1) is 0 Å². The molecule has 0 aromatic heterocycles. The Morgan fingerprint density at radius 1 is 1.14 bits per heavy atom. The Morgan fingerprint density at radius 3 is 2.57 bits per heavy atom. The number of ether oxygens (including phenoxy) is 2. The van der Waals surface area contributed by atoms with Crippen LogP contribution in [0, 0.1) is 6.92 Å². The van der Waals surface area contributed by atoms with Gasteiger partial charge >= 0.3 is 5.97 Å². The molecule has 0 heterocycles. The molecule has 0 atom stereocenters. The number of aryl methyl sites for hydroxylation is 1. The SMILES string of the molecule is COC=C(C(=O)O)c1ccccc1Oc1cccc(C)c1. The lowest BCUT2D eigenvalue weighted by molar-refractivity contribution is -0.130. The summed E-state index contributed by atoms with van der Waals surface area (Å²) in [6.07, 6.45) is 1.20. The fraction of sp³-hybridized carbons (Fsp3) is 0.118. The Kier molecular flexibility index (Phi) is 4.61. The van der Waals surface area contributed by atoms with Crippen LogP contribution >= 0.6 is 0 Å². The summed E-state index contributed by atoms with van der Waals surface area (Å²) < 4.78 is 10.7. The standard InChI is InChI=1S/C17H16O4/c1-12-6-5-7-13(10-12)21-16-9-4-3-8-14(16)15(11-20-2)17(18)19/h3-11H,1-2H3,(H,18,19). The van der Waals surface area contributed by atoms with E-state index >= 15 is 0 Å². The summed E-state index contributed by atoms with van der Waals surface area (Å²) in [5.41, 5.74) is 1.57. The highest BCUT2D eigenvalue weighted by Gasteiger charge is 2.16. The summed E-state index contributed by atoms with van der Waals surface area (Å²) in [6.45, 7) is 1.96. The van der Waals surface area contributed by atoms with Crippen LogP contribution in [0.5, 0.6) is 11.5 Å². The molecule has 2 aromatic rings. The Bertz CT molecular complexity index is 674. The normalized spacial score (nSPS) is 11.0. The lowest BCUT2D eigenvalue weighted by Gasteiger charge is -2.12. The van der Waals surface area contributed by atoms with Crippen molar-refractivity contribution in [2.75, 3.05) is 7.11 Å². The van der Waals surface area contributed by atoms with E-state index in [9.17, 15) is 9.90 Å². The van der Waals surface area contributed by atoms with Crippen LogP contribution in [0.25, 0.3) is 5.57 Å². The molecular formula is C17H16O4. The highest BCUT2D eigenvalue weighted by atomic mass is 16.5. The van der Waals surface area contributed by atoms with Crippen molar-refractivity contribution >= 4 is 11.5 Å². The predicted octanol–water partition coefficient (Wildman–Crippen LogP) is 3.86. The summed E-state index contributed by atoms with van der Waals surface area (Å²) in [5.74, 6) is 0.0514. The molecule has 0 spiro atoms. The topological polar surface area (TPSA) is 55.8 Å². The van der Waals surface area contributed by atoms with E-state index in [1.54, 1.807) is 24.3 Å². The van der Waals surface area contributed by atoms with E-state index in [4.69, 9.17) is 9.47 Å². The van der Waals surface area contributed by atoms with Gasteiger partial charge in [0.2, 0.25) is 0 Å². The maximum absolute atomic E-state index is 11.3. The number of para-hydroxylation sites is 1. The van der Waals surface area contributed by atoms with Crippen LogP contribution in [0.1, 0.15) is 11.1 Å². The van der Waals surface area contributed by atoms with Gasteiger partial charge in [0.05, 0.1) is 13.4 Å². The van der Waals surface area contributed by atoms with Gasteiger partial charge in [0.1, 0.15) is 17.1 Å². The Morgan fingerprint density at radius 2 is 1.90 bits per heavy atom. The van der Waals surface area contributed by atoms with Gasteiger partial charge in [0.25, 0.3) is 0 Å². The average molecular weight is 284 g/mol. The summed E-state index contributed by atoms with van der Waals surface area (Å²) in [6, 6.07) is 14.5. The number of hydrogen-bond acceptors (Lipinski definition) is 3. The molecule has 2 rings (SSSR count). The van der Waals surface area contributed by atoms with Crippen LogP contribution in [0.15, 0.2) is 54.8 Å². The smallest absolute Gasteiger partial charge is 0.339 e. The van der Waals surface area contributed by atoms with E-state index in [2.05, 4.69) is 0 Å². The summed E-state index contributed by atoms with van der Waals surface area (Å²) in [4.78, 5) is 11.3. The number of aliphatic carboxylic acids is 1. The van der Waals surface area contributed by atoms with Gasteiger partial charge in [-0.05, 0) is 30.7 Å². The highest BCUT2D eigenvalue weighted by molar-refractivity contribution is 6.15.